The molecular formula is C16H24N4O3. The monoisotopic (exact) mass is 320 g/mol. The minimum atomic E-state index is -0.00856. The molecule has 7 heteroatoms. The number of rotatable bonds is 4. The van der Waals surface area contributed by atoms with Crippen molar-refractivity contribution < 1.29 is 14.3 Å². The number of pyridine rings is 1. The van der Waals surface area contributed by atoms with Crippen molar-refractivity contribution in [3.05, 3.63) is 30.1 Å². The summed E-state index contributed by atoms with van der Waals surface area (Å²) >= 11 is 0. The van der Waals surface area contributed by atoms with Crippen molar-refractivity contribution in [2.75, 3.05) is 52.5 Å². The summed E-state index contributed by atoms with van der Waals surface area (Å²) in [6.45, 7) is 6.68. The van der Waals surface area contributed by atoms with Crippen LogP contribution in [0.3, 0.4) is 0 Å². The lowest BCUT2D eigenvalue weighted by molar-refractivity contribution is -0.0993. The number of aromatic nitrogens is 1. The van der Waals surface area contributed by atoms with E-state index in [-0.39, 0.29) is 12.1 Å². The zero-order valence-corrected chi connectivity index (χ0v) is 13.3. The summed E-state index contributed by atoms with van der Waals surface area (Å²) in [5.74, 6) is 0. The topological polar surface area (TPSA) is 66.9 Å². The van der Waals surface area contributed by atoms with E-state index in [0.29, 0.717) is 26.4 Å². The highest BCUT2D eigenvalue weighted by atomic mass is 16.6. The van der Waals surface area contributed by atoms with Gasteiger partial charge >= 0.3 is 6.03 Å². The van der Waals surface area contributed by atoms with E-state index in [1.807, 2.05) is 17.0 Å². The van der Waals surface area contributed by atoms with Gasteiger partial charge in [-0.05, 0) is 11.6 Å². The van der Waals surface area contributed by atoms with Crippen LogP contribution in [0.15, 0.2) is 24.5 Å². The van der Waals surface area contributed by atoms with Crippen LogP contribution in [-0.4, -0.2) is 79.5 Å². The van der Waals surface area contributed by atoms with Crippen LogP contribution in [0.4, 0.5) is 4.79 Å². The summed E-state index contributed by atoms with van der Waals surface area (Å²) in [6, 6.07) is 3.82. The summed E-state index contributed by atoms with van der Waals surface area (Å²) in [5.41, 5.74) is 1.01. The zero-order valence-electron chi connectivity index (χ0n) is 13.3. The van der Waals surface area contributed by atoms with E-state index in [1.54, 1.807) is 12.4 Å². The Morgan fingerprint density at radius 1 is 1.30 bits per heavy atom. The molecule has 2 fully saturated rings. The molecule has 3 heterocycles. The molecule has 0 aliphatic carbocycles. The van der Waals surface area contributed by atoms with Gasteiger partial charge in [-0.2, -0.15) is 0 Å². The number of carbonyl (C=O) groups is 1. The average molecular weight is 320 g/mol. The van der Waals surface area contributed by atoms with Gasteiger partial charge in [0.25, 0.3) is 0 Å². The minimum Gasteiger partial charge on any atom is -0.376 e. The highest BCUT2D eigenvalue weighted by molar-refractivity contribution is 5.74. The number of urea groups is 1. The molecule has 0 unspecified atom stereocenters. The molecule has 0 bridgehead atoms. The quantitative estimate of drug-likeness (QED) is 0.866. The molecule has 1 aromatic heterocycles. The lowest BCUT2D eigenvalue weighted by Gasteiger charge is -2.37. The third-order valence-corrected chi connectivity index (χ3v) is 4.17. The van der Waals surface area contributed by atoms with Crippen molar-refractivity contribution in [2.24, 2.45) is 0 Å². The molecular weight excluding hydrogens is 296 g/mol. The van der Waals surface area contributed by atoms with E-state index in [0.717, 1.165) is 38.3 Å². The van der Waals surface area contributed by atoms with Crippen LogP contribution < -0.4 is 5.32 Å². The molecule has 0 saturated carbocycles. The van der Waals surface area contributed by atoms with Gasteiger partial charge in [-0.25, -0.2) is 4.79 Å². The number of carbonyl (C=O) groups excluding carboxylic acids is 1. The van der Waals surface area contributed by atoms with Crippen molar-refractivity contribution in [1.82, 2.24) is 20.1 Å². The Labute approximate surface area is 136 Å². The molecule has 3 rings (SSSR count). The summed E-state index contributed by atoms with van der Waals surface area (Å²) in [7, 11) is 0. The Morgan fingerprint density at radius 2 is 2.17 bits per heavy atom. The second kappa shape index (κ2) is 8.24. The van der Waals surface area contributed by atoms with Gasteiger partial charge < -0.3 is 19.7 Å². The number of ether oxygens (including phenoxy) is 2. The largest absolute Gasteiger partial charge is 0.376 e. The molecule has 1 aromatic rings. The summed E-state index contributed by atoms with van der Waals surface area (Å²) < 4.78 is 11.1. The predicted molar refractivity (Wildman–Crippen MR) is 85.0 cm³/mol. The van der Waals surface area contributed by atoms with Gasteiger partial charge in [0.1, 0.15) is 0 Å². The maximum atomic E-state index is 12.2. The van der Waals surface area contributed by atoms with Crippen molar-refractivity contribution in [1.29, 1.82) is 0 Å². The zero-order chi connectivity index (χ0) is 15.9. The molecule has 2 aliphatic heterocycles. The molecule has 1 N–H and O–H groups in total. The molecule has 0 aromatic carbocycles. The summed E-state index contributed by atoms with van der Waals surface area (Å²) in [5, 5.41) is 2.95. The van der Waals surface area contributed by atoms with Gasteiger partial charge in [0.2, 0.25) is 0 Å². The van der Waals surface area contributed by atoms with Gasteiger partial charge in [0.15, 0.2) is 0 Å². The molecule has 0 spiro atoms. The summed E-state index contributed by atoms with van der Waals surface area (Å²) in [4.78, 5) is 20.4. The van der Waals surface area contributed by atoms with Gasteiger partial charge in [-0.3, -0.25) is 9.88 Å². The van der Waals surface area contributed by atoms with Gasteiger partial charge in [-0.1, -0.05) is 6.07 Å². The van der Waals surface area contributed by atoms with E-state index >= 15 is 0 Å². The molecule has 23 heavy (non-hydrogen) atoms. The molecule has 1 atom stereocenters. The first kappa shape index (κ1) is 16.2. The van der Waals surface area contributed by atoms with E-state index < -0.39 is 0 Å². The molecule has 126 valence electrons. The lowest BCUT2D eigenvalue weighted by Crippen LogP contribution is -2.53. The lowest BCUT2D eigenvalue weighted by atomic mass is 10.2. The van der Waals surface area contributed by atoms with Crippen LogP contribution in [0, 0.1) is 0 Å². The molecule has 0 radical (unpaired) electrons. The Balaban J connectivity index is 1.37. The van der Waals surface area contributed by atoms with Crippen molar-refractivity contribution in [3.63, 3.8) is 0 Å². The molecule has 2 saturated heterocycles. The van der Waals surface area contributed by atoms with Crippen LogP contribution in [0.2, 0.25) is 0 Å². The van der Waals surface area contributed by atoms with Crippen molar-refractivity contribution >= 4 is 6.03 Å². The van der Waals surface area contributed by atoms with Gasteiger partial charge in [0, 0.05) is 51.7 Å². The maximum absolute atomic E-state index is 12.2. The number of hydrogen-bond donors (Lipinski definition) is 1. The Morgan fingerprint density at radius 3 is 2.87 bits per heavy atom. The number of hydrogen-bond acceptors (Lipinski definition) is 5. The molecule has 2 amide bonds. The Hall–Kier alpha value is -1.70. The first-order valence-electron chi connectivity index (χ1n) is 8.14. The maximum Gasteiger partial charge on any atom is 0.317 e. The third kappa shape index (κ3) is 4.89. The van der Waals surface area contributed by atoms with Crippen LogP contribution in [0.25, 0.3) is 0 Å². The first-order chi connectivity index (χ1) is 11.3. The number of nitrogens with one attached hydrogen (secondary N) is 1. The second-order valence-corrected chi connectivity index (χ2v) is 5.88. The van der Waals surface area contributed by atoms with Crippen LogP contribution in [0.1, 0.15) is 5.56 Å². The van der Waals surface area contributed by atoms with Gasteiger partial charge in [0.05, 0.1) is 25.9 Å². The van der Waals surface area contributed by atoms with E-state index in [4.69, 9.17) is 9.47 Å². The average Bonchev–Trinajstić information content (AvgIpc) is 2.62. The van der Waals surface area contributed by atoms with E-state index in [2.05, 4.69) is 15.2 Å². The Bertz CT molecular complexity index is 485. The fourth-order valence-corrected chi connectivity index (χ4v) is 2.86. The van der Waals surface area contributed by atoms with Gasteiger partial charge in [-0.15, -0.1) is 0 Å². The normalized spacial score (nSPS) is 22.8. The standard InChI is InChI=1S/C16H24N4O3/c21-16(18-11-14-2-1-3-17-10-14)20-6-4-19(5-7-20)12-15-13-22-8-9-23-15/h1-3,10,15H,4-9,11-13H2,(H,18,21)/t15-/m0/s1. The SMILES string of the molecule is O=C(NCc1cccnc1)N1CCN(C[C@H]2COCCO2)CC1. The number of amides is 2. The highest BCUT2D eigenvalue weighted by Crippen LogP contribution is 2.08. The number of piperazine rings is 1. The Kier molecular flexibility index (Phi) is 5.79. The third-order valence-electron chi connectivity index (χ3n) is 4.17. The second-order valence-electron chi connectivity index (χ2n) is 5.88. The number of nitrogens with zero attached hydrogens (tertiary/aromatic N) is 3. The van der Waals surface area contributed by atoms with E-state index in [9.17, 15) is 4.79 Å². The van der Waals surface area contributed by atoms with E-state index in [1.165, 1.54) is 0 Å². The molecule has 7 nitrogen and oxygen atoms in total. The fraction of sp³-hybridized carbons (Fsp3) is 0.625. The highest BCUT2D eigenvalue weighted by Gasteiger charge is 2.24. The first-order valence-corrected chi connectivity index (χ1v) is 8.14. The van der Waals surface area contributed by atoms with Crippen LogP contribution in [0.5, 0.6) is 0 Å². The smallest absolute Gasteiger partial charge is 0.317 e. The van der Waals surface area contributed by atoms with Crippen LogP contribution in [-0.2, 0) is 16.0 Å². The van der Waals surface area contributed by atoms with Crippen molar-refractivity contribution in [2.45, 2.75) is 12.6 Å². The fourth-order valence-electron chi connectivity index (χ4n) is 2.86. The predicted octanol–water partition coefficient (Wildman–Crippen LogP) is 0.324. The van der Waals surface area contributed by atoms with Crippen LogP contribution >= 0.6 is 0 Å². The molecule has 2 aliphatic rings. The minimum absolute atomic E-state index is 0.00856. The van der Waals surface area contributed by atoms with Crippen molar-refractivity contribution in [3.8, 4) is 0 Å². The summed E-state index contributed by atoms with van der Waals surface area (Å²) in [6.07, 6.45) is 3.66.